The largest absolute Gasteiger partial charge is 0.496 e. The third-order valence-corrected chi connectivity index (χ3v) is 4.78. The van der Waals surface area contributed by atoms with Crippen LogP contribution in [0.4, 0.5) is 5.69 Å². The fraction of sp³-hybridized carbons (Fsp3) is 0.333. The third-order valence-electron chi connectivity index (χ3n) is 4.45. The van der Waals surface area contributed by atoms with E-state index in [2.05, 4.69) is 5.32 Å². The van der Waals surface area contributed by atoms with Gasteiger partial charge in [-0.2, -0.15) is 0 Å². The van der Waals surface area contributed by atoms with Crippen LogP contribution in [0.1, 0.15) is 33.6 Å². The first-order valence-corrected chi connectivity index (χ1v) is 8.62. The average molecular weight is 414 g/mol. The molecule has 3 rings (SSSR count). The highest BCUT2D eigenvalue weighted by Gasteiger charge is 2.26. The Hall–Kier alpha value is -2.38. The molecular weight excluding hydrogens is 393 g/mol. The van der Waals surface area contributed by atoms with Gasteiger partial charge in [0.15, 0.2) is 0 Å². The van der Waals surface area contributed by atoms with E-state index in [1.54, 1.807) is 11.0 Å². The molecule has 27 heavy (non-hydrogen) atoms. The molecule has 1 aliphatic rings. The standard InChI is InChI=1S/C18H20ClN3O4.ClH/c1-25-16-9-15(20)14(19)8-13(16)17(23)21-12-2-5-22(6-3-12)18(24)11-4-7-26-10-11;/h4,7-10,12H,2-3,5-6,20H2,1H3,(H,21,23);1H. The van der Waals surface area contributed by atoms with Gasteiger partial charge in [-0.05, 0) is 25.0 Å². The average Bonchev–Trinajstić information content (AvgIpc) is 3.18. The summed E-state index contributed by atoms with van der Waals surface area (Å²) in [6.45, 7) is 1.13. The Morgan fingerprint density at radius 2 is 2.04 bits per heavy atom. The van der Waals surface area contributed by atoms with E-state index >= 15 is 0 Å². The lowest BCUT2D eigenvalue weighted by Gasteiger charge is -2.32. The van der Waals surface area contributed by atoms with Gasteiger partial charge in [0.05, 0.1) is 35.2 Å². The van der Waals surface area contributed by atoms with Crippen molar-refractivity contribution in [2.75, 3.05) is 25.9 Å². The molecule has 0 atom stereocenters. The number of nitrogen functional groups attached to an aromatic ring is 1. The van der Waals surface area contributed by atoms with Gasteiger partial charge in [-0.25, -0.2) is 0 Å². The van der Waals surface area contributed by atoms with Crippen molar-refractivity contribution in [2.24, 2.45) is 0 Å². The van der Waals surface area contributed by atoms with Gasteiger partial charge in [-0.3, -0.25) is 9.59 Å². The highest BCUT2D eigenvalue weighted by molar-refractivity contribution is 6.33. The van der Waals surface area contributed by atoms with Crippen LogP contribution < -0.4 is 15.8 Å². The van der Waals surface area contributed by atoms with Crippen molar-refractivity contribution in [3.05, 3.63) is 46.9 Å². The van der Waals surface area contributed by atoms with Crippen LogP contribution in [0.15, 0.2) is 35.1 Å². The normalized spacial score (nSPS) is 14.4. The topological polar surface area (TPSA) is 97.8 Å². The first-order chi connectivity index (χ1) is 12.5. The molecule has 1 saturated heterocycles. The highest BCUT2D eigenvalue weighted by atomic mass is 35.5. The molecule has 2 amide bonds. The van der Waals surface area contributed by atoms with Crippen LogP contribution in [0, 0.1) is 0 Å². The molecule has 3 N–H and O–H groups in total. The van der Waals surface area contributed by atoms with Crippen molar-refractivity contribution in [1.82, 2.24) is 10.2 Å². The second kappa shape index (κ2) is 9.01. The Bertz CT molecular complexity index is 803. The Kier molecular flexibility index (Phi) is 6.98. The van der Waals surface area contributed by atoms with Gasteiger partial charge in [0.1, 0.15) is 12.0 Å². The minimum Gasteiger partial charge on any atom is -0.496 e. The van der Waals surface area contributed by atoms with Gasteiger partial charge >= 0.3 is 0 Å². The van der Waals surface area contributed by atoms with Crippen LogP contribution in [0.5, 0.6) is 5.75 Å². The van der Waals surface area contributed by atoms with Crippen LogP contribution in [-0.2, 0) is 0 Å². The van der Waals surface area contributed by atoms with Crippen LogP contribution in [0.25, 0.3) is 0 Å². The third kappa shape index (κ3) is 4.67. The van der Waals surface area contributed by atoms with E-state index in [0.717, 1.165) is 0 Å². The van der Waals surface area contributed by atoms with Crippen molar-refractivity contribution in [3.8, 4) is 5.75 Å². The zero-order chi connectivity index (χ0) is 18.7. The number of benzene rings is 1. The number of amides is 2. The molecule has 1 aromatic carbocycles. The predicted octanol–water partition coefficient (Wildman–Crippen LogP) is 2.98. The second-order valence-corrected chi connectivity index (χ2v) is 6.53. The molecule has 2 heterocycles. The number of ether oxygens (including phenoxy) is 1. The predicted molar refractivity (Wildman–Crippen MR) is 105 cm³/mol. The molecule has 2 aromatic rings. The molecular formula is C18H21Cl2N3O4. The number of nitrogens with zero attached hydrogens (tertiary/aromatic N) is 1. The summed E-state index contributed by atoms with van der Waals surface area (Å²) in [4.78, 5) is 26.6. The summed E-state index contributed by atoms with van der Waals surface area (Å²) in [6.07, 6.45) is 4.25. The maximum absolute atomic E-state index is 12.6. The minimum absolute atomic E-state index is 0. The summed E-state index contributed by atoms with van der Waals surface area (Å²) in [5.41, 5.74) is 6.97. The first-order valence-electron chi connectivity index (χ1n) is 8.25. The maximum atomic E-state index is 12.6. The van der Waals surface area contributed by atoms with E-state index in [1.807, 2.05) is 0 Å². The lowest BCUT2D eigenvalue weighted by atomic mass is 10.0. The fourth-order valence-electron chi connectivity index (χ4n) is 2.97. The smallest absolute Gasteiger partial charge is 0.257 e. The van der Waals surface area contributed by atoms with Crippen molar-refractivity contribution in [2.45, 2.75) is 18.9 Å². The summed E-state index contributed by atoms with van der Waals surface area (Å²) in [5.74, 6) is 0.0378. The van der Waals surface area contributed by atoms with Crippen molar-refractivity contribution >= 4 is 41.5 Å². The number of methoxy groups -OCH3 is 1. The van der Waals surface area contributed by atoms with Crippen molar-refractivity contribution in [1.29, 1.82) is 0 Å². The van der Waals surface area contributed by atoms with Gasteiger partial charge in [0, 0.05) is 25.2 Å². The molecule has 0 bridgehead atoms. The molecule has 0 spiro atoms. The molecule has 1 aromatic heterocycles. The molecule has 1 aliphatic heterocycles. The van der Waals surface area contributed by atoms with Gasteiger partial charge < -0.3 is 25.1 Å². The quantitative estimate of drug-likeness (QED) is 0.750. The Morgan fingerprint density at radius 1 is 1.33 bits per heavy atom. The number of carbonyl (C=O) groups excluding carboxylic acids is 2. The lowest BCUT2D eigenvalue weighted by Crippen LogP contribution is -2.46. The number of halogens is 2. The van der Waals surface area contributed by atoms with Crippen LogP contribution in [0.3, 0.4) is 0 Å². The number of hydrogen-bond donors (Lipinski definition) is 2. The SMILES string of the molecule is COc1cc(N)c(Cl)cc1C(=O)NC1CCN(C(=O)c2ccoc2)CC1.Cl. The molecule has 146 valence electrons. The number of nitrogens with two attached hydrogens (primary N) is 1. The first kappa shape index (κ1) is 20.9. The van der Waals surface area contributed by atoms with Gasteiger partial charge in [-0.1, -0.05) is 11.6 Å². The molecule has 0 unspecified atom stereocenters. The summed E-state index contributed by atoms with van der Waals surface area (Å²) in [6, 6.07) is 4.65. The number of hydrogen-bond acceptors (Lipinski definition) is 5. The number of furan rings is 1. The van der Waals surface area contributed by atoms with Crippen LogP contribution in [-0.4, -0.2) is 43.0 Å². The van der Waals surface area contributed by atoms with E-state index < -0.39 is 0 Å². The zero-order valence-corrected chi connectivity index (χ0v) is 16.3. The Labute approximate surface area is 168 Å². The van der Waals surface area contributed by atoms with E-state index in [-0.39, 0.29) is 30.3 Å². The number of anilines is 1. The number of nitrogens with one attached hydrogen (secondary N) is 1. The maximum Gasteiger partial charge on any atom is 0.257 e. The van der Waals surface area contributed by atoms with E-state index in [0.29, 0.717) is 53.5 Å². The summed E-state index contributed by atoms with van der Waals surface area (Å²) in [7, 11) is 1.47. The lowest BCUT2D eigenvalue weighted by molar-refractivity contribution is 0.0697. The number of rotatable bonds is 4. The van der Waals surface area contributed by atoms with Gasteiger partial charge in [0.2, 0.25) is 0 Å². The molecule has 7 nitrogen and oxygen atoms in total. The fourth-order valence-corrected chi connectivity index (χ4v) is 3.14. The number of carbonyl (C=O) groups is 2. The number of likely N-dealkylation sites (tertiary alicyclic amines) is 1. The summed E-state index contributed by atoms with van der Waals surface area (Å²) in [5, 5.41) is 3.28. The molecule has 0 aliphatic carbocycles. The van der Waals surface area contributed by atoms with Gasteiger partial charge in [0.25, 0.3) is 11.8 Å². The van der Waals surface area contributed by atoms with Crippen molar-refractivity contribution in [3.63, 3.8) is 0 Å². The Morgan fingerprint density at radius 3 is 2.63 bits per heavy atom. The minimum atomic E-state index is -0.275. The van der Waals surface area contributed by atoms with E-state index in [1.165, 1.54) is 31.8 Å². The molecule has 1 fully saturated rings. The molecule has 0 saturated carbocycles. The van der Waals surface area contributed by atoms with Crippen molar-refractivity contribution < 1.29 is 18.7 Å². The second-order valence-electron chi connectivity index (χ2n) is 6.13. The van der Waals surface area contributed by atoms with Gasteiger partial charge in [-0.15, -0.1) is 12.4 Å². The van der Waals surface area contributed by atoms with Crippen LogP contribution in [0.2, 0.25) is 5.02 Å². The van der Waals surface area contributed by atoms with E-state index in [4.69, 9.17) is 26.5 Å². The van der Waals surface area contributed by atoms with E-state index in [9.17, 15) is 9.59 Å². The summed E-state index contributed by atoms with van der Waals surface area (Å²) >= 11 is 6.02. The number of piperidine rings is 1. The zero-order valence-electron chi connectivity index (χ0n) is 14.7. The highest BCUT2D eigenvalue weighted by Crippen LogP contribution is 2.29. The molecule has 0 radical (unpaired) electrons. The monoisotopic (exact) mass is 413 g/mol. The van der Waals surface area contributed by atoms with Crippen LogP contribution >= 0.6 is 24.0 Å². The molecule has 9 heteroatoms. The Balaban J connectivity index is 0.00000261. The summed E-state index contributed by atoms with van der Waals surface area (Å²) < 4.78 is 10.2.